The van der Waals surface area contributed by atoms with Crippen LogP contribution in [0.1, 0.15) is 42.0 Å². The summed E-state index contributed by atoms with van der Waals surface area (Å²) in [4.78, 5) is 28.8. The van der Waals surface area contributed by atoms with Gasteiger partial charge >= 0.3 is 0 Å². The number of carbonyl (C=O) groups excluding carboxylic acids is 2. The molecular formula is C29H33ClN2O2. The summed E-state index contributed by atoms with van der Waals surface area (Å²) < 4.78 is 0. The van der Waals surface area contributed by atoms with Crippen molar-refractivity contribution >= 4 is 23.4 Å². The number of hydrogen-bond donors (Lipinski definition) is 1. The van der Waals surface area contributed by atoms with E-state index in [1.165, 1.54) is 0 Å². The molecule has 0 bridgehead atoms. The Morgan fingerprint density at radius 3 is 2.18 bits per heavy atom. The standard InChI is InChI=1S/C29H33ClN2O2/c1-3-4-18-31-29(34)27(19-23-8-6-5-7-9-23)32(21-25-14-16-26(30)17-15-25)28(33)20-24-12-10-22(2)11-13-24/h5-17,27H,3-4,18-21H2,1-2H3,(H,31,34). The van der Waals surface area contributed by atoms with Gasteiger partial charge in [0.25, 0.3) is 0 Å². The van der Waals surface area contributed by atoms with Crippen LogP contribution >= 0.6 is 11.6 Å². The van der Waals surface area contributed by atoms with Gasteiger partial charge < -0.3 is 10.2 Å². The Balaban J connectivity index is 1.92. The SMILES string of the molecule is CCCCNC(=O)C(Cc1ccccc1)N(Cc1ccc(Cl)cc1)C(=O)Cc1ccc(C)cc1. The monoisotopic (exact) mass is 476 g/mol. The minimum absolute atomic E-state index is 0.0784. The first-order valence-corrected chi connectivity index (χ1v) is 12.2. The molecule has 0 fully saturated rings. The maximum Gasteiger partial charge on any atom is 0.243 e. The van der Waals surface area contributed by atoms with Gasteiger partial charge in [-0.05, 0) is 42.2 Å². The number of amides is 2. The Kier molecular flexibility index (Phi) is 9.72. The van der Waals surface area contributed by atoms with Crippen molar-refractivity contribution in [1.29, 1.82) is 0 Å². The minimum Gasteiger partial charge on any atom is -0.354 e. The Labute approximate surface area is 207 Å². The molecule has 0 aromatic heterocycles. The van der Waals surface area contributed by atoms with Crippen LogP contribution in [0.5, 0.6) is 0 Å². The Morgan fingerprint density at radius 2 is 1.53 bits per heavy atom. The number of halogens is 1. The maximum atomic E-state index is 13.7. The molecule has 0 heterocycles. The molecular weight excluding hydrogens is 444 g/mol. The number of benzene rings is 3. The van der Waals surface area contributed by atoms with E-state index in [2.05, 4.69) is 12.2 Å². The van der Waals surface area contributed by atoms with Crippen molar-refractivity contribution in [1.82, 2.24) is 10.2 Å². The van der Waals surface area contributed by atoms with Crippen molar-refractivity contribution in [3.63, 3.8) is 0 Å². The predicted molar refractivity (Wildman–Crippen MR) is 139 cm³/mol. The van der Waals surface area contributed by atoms with Gasteiger partial charge in [-0.1, -0.05) is 97.2 Å². The summed E-state index contributed by atoms with van der Waals surface area (Å²) in [5.41, 5.74) is 4.02. The molecule has 3 aromatic carbocycles. The van der Waals surface area contributed by atoms with E-state index in [4.69, 9.17) is 11.6 Å². The van der Waals surface area contributed by atoms with Gasteiger partial charge in [-0.15, -0.1) is 0 Å². The van der Waals surface area contributed by atoms with Crippen molar-refractivity contribution in [3.8, 4) is 0 Å². The smallest absolute Gasteiger partial charge is 0.243 e. The third-order valence-corrected chi connectivity index (χ3v) is 6.09. The fourth-order valence-electron chi connectivity index (χ4n) is 3.83. The van der Waals surface area contributed by atoms with Gasteiger partial charge in [-0.2, -0.15) is 0 Å². The van der Waals surface area contributed by atoms with E-state index in [9.17, 15) is 9.59 Å². The zero-order chi connectivity index (χ0) is 24.3. The molecule has 1 N–H and O–H groups in total. The highest BCUT2D eigenvalue weighted by Gasteiger charge is 2.30. The Hall–Kier alpha value is -3.11. The van der Waals surface area contributed by atoms with Crippen LogP contribution in [0.2, 0.25) is 5.02 Å². The lowest BCUT2D eigenvalue weighted by molar-refractivity contribution is -0.140. The molecule has 5 heteroatoms. The maximum absolute atomic E-state index is 13.7. The third kappa shape index (κ3) is 7.74. The predicted octanol–water partition coefficient (Wildman–Crippen LogP) is 5.75. The summed E-state index contributed by atoms with van der Waals surface area (Å²) in [5.74, 6) is -0.200. The summed E-state index contributed by atoms with van der Waals surface area (Å²) in [7, 11) is 0. The first-order chi connectivity index (χ1) is 16.5. The largest absolute Gasteiger partial charge is 0.354 e. The summed E-state index contributed by atoms with van der Waals surface area (Å²) >= 11 is 6.08. The van der Waals surface area contributed by atoms with Crippen molar-refractivity contribution in [2.24, 2.45) is 0 Å². The van der Waals surface area contributed by atoms with E-state index < -0.39 is 6.04 Å². The number of nitrogens with one attached hydrogen (secondary N) is 1. The number of nitrogens with zero attached hydrogens (tertiary/aromatic N) is 1. The van der Waals surface area contributed by atoms with Crippen LogP contribution in [0.25, 0.3) is 0 Å². The van der Waals surface area contributed by atoms with Gasteiger partial charge in [0.2, 0.25) is 11.8 Å². The molecule has 178 valence electrons. The van der Waals surface area contributed by atoms with Crippen LogP contribution in [-0.4, -0.2) is 29.3 Å². The van der Waals surface area contributed by atoms with Crippen LogP contribution in [0.3, 0.4) is 0 Å². The number of rotatable bonds is 11. The number of hydrogen-bond acceptors (Lipinski definition) is 2. The topological polar surface area (TPSA) is 49.4 Å². The molecule has 3 aromatic rings. The van der Waals surface area contributed by atoms with Crippen LogP contribution in [0.4, 0.5) is 0 Å². The van der Waals surface area contributed by atoms with E-state index in [0.717, 1.165) is 35.1 Å². The molecule has 0 saturated heterocycles. The number of carbonyl (C=O) groups is 2. The molecule has 2 amide bonds. The van der Waals surface area contributed by atoms with Gasteiger partial charge in [-0.3, -0.25) is 9.59 Å². The van der Waals surface area contributed by atoms with Crippen LogP contribution in [0, 0.1) is 6.92 Å². The number of aryl methyl sites for hydroxylation is 1. The fourth-order valence-corrected chi connectivity index (χ4v) is 3.95. The minimum atomic E-state index is -0.618. The molecule has 0 spiro atoms. The van der Waals surface area contributed by atoms with Gasteiger partial charge in [0, 0.05) is 24.5 Å². The highest BCUT2D eigenvalue weighted by atomic mass is 35.5. The van der Waals surface area contributed by atoms with Gasteiger partial charge in [0.1, 0.15) is 6.04 Å². The third-order valence-electron chi connectivity index (χ3n) is 5.84. The van der Waals surface area contributed by atoms with Crippen LogP contribution < -0.4 is 5.32 Å². The van der Waals surface area contributed by atoms with Crippen molar-refractivity contribution in [3.05, 3.63) is 106 Å². The first kappa shape index (κ1) is 25.5. The van der Waals surface area contributed by atoms with Gasteiger partial charge in [-0.25, -0.2) is 0 Å². The van der Waals surface area contributed by atoms with Crippen molar-refractivity contribution < 1.29 is 9.59 Å². The second kappa shape index (κ2) is 13.0. The zero-order valence-corrected chi connectivity index (χ0v) is 20.7. The van der Waals surface area contributed by atoms with Crippen molar-refractivity contribution in [2.45, 2.75) is 52.1 Å². The second-order valence-electron chi connectivity index (χ2n) is 8.66. The second-order valence-corrected chi connectivity index (χ2v) is 9.10. The molecule has 0 radical (unpaired) electrons. The lowest BCUT2D eigenvalue weighted by Gasteiger charge is -2.32. The highest BCUT2D eigenvalue weighted by molar-refractivity contribution is 6.30. The Morgan fingerprint density at radius 1 is 0.882 bits per heavy atom. The summed E-state index contributed by atoms with van der Waals surface area (Å²) in [6.45, 7) is 5.04. The summed E-state index contributed by atoms with van der Waals surface area (Å²) in [6, 6.07) is 24.6. The lowest BCUT2D eigenvalue weighted by Crippen LogP contribution is -2.51. The summed E-state index contributed by atoms with van der Waals surface area (Å²) in [5, 5.41) is 3.69. The summed E-state index contributed by atoms with van der Waals surface area (Å²) in [6.07, 6.45) is 2.58. The van der Waals surface area contributed by atoms with E-state index in [0.29, 0.717) is 24.5 Å². The Bertz CT molecular complexity index is 1050. The van der Waals surface area contributed by atoms with Gasteiger partial charge in [0.05, 0.1) is 6.42 Å². The molecule has 4 nitrogen and oxygen atoms in total. The zero-order valence-electron chi connectivity index (χ0n) is 20.0. The average molecular weight is 477 g/mol. The van der Waals surface area contributed by atoms with E-state index >= 15 is 0 Å². The lowest BCUT2D eigenvalue weighted by atomic mass is 10.0. The number of unbranched alkanes of at least 4 members (excludes halogenated alkanes) is 1. The molecule has 0 aliphatic carbocycles. The molecule has 0 aliphatic heterocycles. The van der Waals surface area contributed by atoms with E-state index in [1.807, 2.05) is 85.8 Å². The molecule has 1 atom stereocenters. The average Bonchev–Trinajstić information content (AvgIpc) is 2.84. The normalized spacial score (nSPS) is 11.6. The molecule has 0 aliphatic rings. The van der Waals surface area contributed by atoms with E-state index in [1.54, 1.807) is 4.90 Å². The molecule has 34 heavy (non-hydrogen) atoms. The van der Waals surface area contributed by atoms with Crippen LogP contribution in [0.15, 0.2) is 78.9 Å². The fraction of sp³-hybridized carbons (Fsp3) is 0.310. The molecule has 3 rings (SSSR count). The highest BCUT2D eigenvalue weighted by Crippen LogP contribution is 2.18. The van der Waals surface area contributed by atoms with Crippen molar-refractivity contribution in [2.75, 3.05) is 6.54 Å². The quantitative estimate of drug-likeness (QED) is 0.358. The van der Waals surface area contributed by atoms with Crippen LogP contribution in [-0.2, 0) is 29.0 Å². The molecule has 1 unspecified atom stereocenters. The van der Waals surface area contributed by atoms with E-state index in [-0.39, 0.29) is 18.2 Å². The van der Waals surface area contributed by atoms with Gasteiger partial charge in [0.15, 0.2) is 0 Å². The first-order valence-electron chi connectivity index (χ1n) is 11.9. The molecule has 0 saturated carbocycles.